The van der Waals surface area contributed by atoms with E-state index < -0.39 is 0 Å². The van der Waals surface area contributed by atoms with E-state index in [-0.39, 0.29) is 0 Å². The van der Waals surface area contributed by atoms with Gasteiger partial charge in [-0.25, -0.2) is 4.98 Å². The van der Waals surface area contributed by atoms with Gasteiger partial charge in [0.2, 0.25) is 0 Å². The molecule has 0 radical (unpaired) electrons. The van der Waals surface area contributed by atoms with Crippen molar-refractivity contribution in [1.29, 1.82) is 0 Å². The SMILES string of the molecule is Cn1cnc2ccc(-c3cccc(NC[C@H]4CO4)c3)cc21. The molecule has 106 valence electrons. The Kier molecular flexibility index (Phi) is 2.89. The molecule has 0 unspecified atom stereocenters. The quantitative estimate of drug-likeness (QED) is 0.746. The summed E-state index contributed by atoms with van der Waals surface area (Å²) in [5.41, 5.74) is 5.73. The predicted octanol–water partition coefficient (Wildman–Crippen LogP) is 3.05. The lowest BCUT2D eigenvalue weighted by Gasteiger charge is -2.08. The first-order chi connectivity index (χ1) is 10.3. The molecule has 4 rings (SSSR count). The van der Waals surface area contributed by atoms with Gasteiger partial charge in [-0.2, -0.15) is 0 Å². The number of epoxide rings is 1. The summed E-state index contributed by atoms with van der Waals surface area (Å²) in [6, 6.07) is 14.9. The first kappa shape index (κ1) is 12.4. The lowest BCUT2D eigenvalue weighted by molar-refractivity contribution is 0.417. The fourth-order valence-corrected chi connectivity index (χ4v) is 2.53. The number of hydrogen-bond donors (Lipinski definition) is 1. The van der Waals surface area contributed by atoms with Crippen LogP contribution in [0, 0.1) is 0 Å². The minimum Gasteiger partial charge on any atom is -0.382 e. The average molecular weight is 279 g/mol. The van der Waals surface area contributed by atoms with E-state index in [1.54, 1.807) is 0 Å². The van der Waals surface area contributed by atoms with Crippen LogP contribution in [0.1, 0.15) is 0 Å². The highest BCUT2D eigenvalue weighted by Gasteiger charge is 2.21. The van der Waals surface area contributed by atoms with Crippen molar-refractivity contribution < 1.29 is 4.74 Å². The van der Waals surface area contributed by atoms with Crippen LogP contribution in [0.2, 0.25) is 0 Å². The van der Waals surface area contributed by atoms with Crippen molar-refractivity contribution in [2.24, 2.45) is 7.05 Å². The highest BCUT2D eigenvalue weighted by atomic mass is 16.6. The number of nitrogens with one attached hydrogen (secondary N) is 1. The second-order valence-corrected chi connectivity index (χ2v) is 5.48. The number of imidazole rings is 1. The molecule has 1 fully saturated rings. The average Bonchev–Trinajstić information content (AvgIpc) is 3.29. The van der Waals surface area contributed by atoms with Crippen molar-refractivity contribution >= 4 is 16.7 Å². The van der Waals surface area contributed by atoms with Gasteiger partial charge in [0.05, 0.1) is 30.1 Å². The smallest absolute Gasteiger partial charge is 0.0981 e. The Morgan fingerprint density at radius 2 is 2.10 bits per heavy atom. The van der Waals surface area contributed by atoms with Crippen LogP contribution in [0.15, 0.2) is 48.8 Å². The Hall–Kier alpha value is -2.33. The zero-order valence-electron chi connectivity index (χ0n) is 11.9. The summed E-state index contributed by atoms with van der Waals surface area (Å²) in [6.07, 6.45) is 2.24. The van der Waals surface area contributed by atoms with E-state index in [9.17, 15) is 0 Å². The highest BCUT2D eigenvalue weighted by molar-refractivity contribution is 5.82. The van der Waals surface area contributed by atoms with Gasteiger partial charge in [0.25, 0.3) is 0 Å². The Bertz CT molecular complexity index is 790. The molecule has 1 atom stereocenters. The zero-order chi connectivity index (χ0) is 14.2. The summed E-state index contributed by atoms with van der Waals surface area (Å²) < 4.78 is 7.27. The minimum atomic E-state index is 0.388. The third-order valence-electron chi connectivity index (χ3n) is 3.86. The molecule has 3 aromatic rings. The molecule has 1 N–H and O–H groups in total. The van der Waals surface area contributed by atoms with Crippen LogP contribution >= 0.6 is 0 Å². The van der Waals surface area contributed by atoms with Gasteiger partial charge in [-0.1, -0.05) is 18.2 Å². The first-order valence-electron chi connectivity index (χ1n) is 7.16. The van der Waals surface area contributed by atoms with Crippen molar-refractivity contribution in [1.82, 2.24) is 9.55 Å². The number of ether oxygens (including phenoxy) is 1. The molecule has 1 aromatic heterocycles. The molecule has 4 heteroatoms. The van der Waals surface area contributed by atoms with E-state index in [2.05, 4.69) is 52.8 Å². The monoisotopic (exact) mass is 279 g/mol. The van der Waals surface area contributed by atoms with Crippen molar-refractivity contribution in [2.75, 3.05) is 18.5 Å². The molecular weight excluding hydrogens is 262 g/mol. The van der Waals surface area contributed by atoms with Crippen LogP contribution in [0.4, 0.5) is 5.69 Å². The zero-order valence-corrected chi connectivity index (χ0v) is 11.9. The molecule has 0 aliphatic carbocycles. The maximum absolute atomic E-state index is 5.23. The molecule has 1 aliphatic heterocycles. The van der Waals surface area contributed by atoms with Gasteiger partial charge >= 0.3 is 0 Å². The summed E-state index contributed by atoms with van der Waals surface area (Å²) in [4.78, 5) is 4.36. The fraction of sp³-hybridized carbons (Fsp3) is 0.235. The third kappa shape index (κ3) is 2.50. The highest BCUT2D eigenvalue weighted by Crippen LogP contribution is 2.26. The van der Waals surface area contributed by atoms with Crippen molar-refractivity contribution in [3.63, 3.8) is 0 Å². The number of nitrogens with zero attached hydrogens (tertiary/aromatic N) is 2. The third-order valence-corrected chi connectivity index (χ3v) is 3.86. The van der Waals surface area contributed by atoms with Crippen molar-refractivity contribution in [3.05, 3.63) is 48.8 Å². The number of aryl methyl sites for hydroxylation is 1. The summed E-state index contributed by atoms with van der Waals surface area (Å²) in [7, 11) is 2.02. The van der Waals surface area contributed by atoms with Crippen molar-refractivity contribution in [2.45, 2.75) is 6.10 Å². The van der Waals surface area contributed by atoms with Crippen LogP contribution in [0.5, 0.6) is 0 Å². The molecule has 0 spiro atoms. The maximum Gasteiger partial charge on any atom is 0.0981 e. The minimum absolute atomic E-state index is 0.388. The van der Waals surface area contributed by atoms with Gasteiger partial charge in [-0.15, -0.1) is 0 Å². The van der Waals surface area contributed by atoms with Gasteiger partial charge < -0.3 is 14.6 Å². The first-order valence-corrected chi connectivity index (χ1v) is 7.16. The van der Waals surface area contributed by atoms with Crippen LogP contribution in [0.3, 0.4) is 0 Å². The standard InChI is InChI=1S/C17H17N3O/c1-20-11-19-16-6-5-13(8-17(16)20)12-3-2-4-14(7-12)18-9-15-10-21-15/h2-8,11,15,18H,9-10H2,1H3/t15-/m0/s1. The van der Waals surface area contributed by atoms with Crippen LogP contribution in [-0.2, 0) is 11.8 Å². The fourth-order valence-electron chi connectivity index (χ4n) is 2.53. The molecule has 1 aliphatic rings. The predicted molar refractivity (Wildman–Crippen MR) is 84.4 cm³/mol. The van der Waals surface area contributed by atoms with E-state index in [0.717, 1.165) is 29.9 Å². The summed E-state index contributed by atoms with van der Waals surface area (Å²) in [5, 5.41) is 3.42. The second-order valence-electron chi connectivity index (χ2n) is 5.48. The van der Waals surface area contributed by atoms with Crippen LogP contribution < -0.4 is 5.32 Å². The molecule has 0 bridgehead atoms. The number of rotatable bonds is 4. The molecule has 1 saturated heterocycles. The number of fused-ring (bicyclic) bond motifs is 1. The normalized spacial score (nSPS) is 17.1. The lowest BCUT2D eigenvalue weighted by Crippen LogP contribution is -2.07. The Morgan fingerprint density at radius 3 is 2.95 bits per heavy atom. The van der Waals surface area contributed by atoms with Gasteiger partial charge in [-0.05, 0) is 35.4 Å². The summed E-state index contributed by atoms with van der Waals surface area (Å²) in [6.45, 7) is 1.76. The molecule has 2 heterocycles. The van der Waals surface area contributed by atoms with Gasteiger partial charge in [-0.3, -0.25) is 0 Å². The topological polar surface area (TPSA) is 42.4 Å². The van der Waals surface area contributed by atoms with E-state index in [1.807, 2.05) is 17.9 Å². The molecule has 21 heavy (non-hydrogen) atoms. The molecule has 2 aromatic carbocycles. The van der Waals surface area contributed by atoms with E-state index in [4.69, 9.17) is 4.74 Å². The summed E-state index contributed by atoms with van der Waals surface area (Å²) in [5.74, 6) is 0. The number of aromatic nitrogens is 2. The van der Waals surface area contributed by atoms with Crippen molar-refractivity contribution in [3.8, 4) is 11.1 Å². The molecule has 0 amide bonds. The van der Waals surface area contributed by atoms with Crippen LogP contribution in [0.25, 0.3) is 22.2 Å². The number of benzene rings is 2. The van der Waals surface area contributed by atoms with Gasteiger partial charge in [0.1, 0.15) is 0 Å². The van der Waals surface area contributed by atoms with E-state index in [0.29, 0.717) is 6.10 Å². The number of hydrogen-bond acceptors (Lipinski definition) is 3. The molecule has 4 nitrogen and oxygen atoms in total. The number of anilines is 1. The Morgan fingerprint density at radius 1 is 1.24 bits per heavy atom. The van der Waals surface area contributed by atoms with Crippen LogP contribution in [-0.4, -0.2) is 28.8 Å². The Labute approximate surface area is 123 Å². The van der Waals surface area contributed by atoms with Gasteiger partial charge in [0.15, 0.2) is 0 Å². The van der Waals surface area contributed by atoms with Gasteiger partial charge in [0, 0.05) is 19.3 Å². The van der Waals surface area contributed by atoms with E-state index >= 15 is 0 Å². The summed E-state index contributed by atoms with van der Waals surface area (Å²) >= 11 is 0. The van der Waals surface area contributed by atoms with E-state index in [1.165, 1.54) is 11.1 Å². The second kappa shape index (κ2) is 4.90. The molecular formula is C17H17N3O. The molecule has 0 saturated carbocycles. The Balaban J connectivity index is 1.66. The lowest BCUT2D eigenvalue weighted by atomic mass is 10.0. The largest absolute Gasteiger partial charge is 0.382 e. The maximum atomic E-state index is 5.23.